The molecule has 2 aliphatic carbocycles. The number of carbonyl (C=O) groups excluding carboxylic acids is 1. The van der Waals surface area contributed by atoms with Crippen LogP contribution in [0.4, 0.5) is 18.0 Å². The molecular formula is C38H57F3NO7P. The minimum absolute atomic E-state index is 0.0408. The maximum absolute atomic E-state index is 14.8. The number of nitrogens with one attached hydrogen (secondary N) is 1. The van der Waals surface area contributed by atoms with Crippen LogP contribution in [-0.2, 0) is 34.7 Å². The zero-order valence-electron chi connectivity index (χ0n) is 31.4. The summed E-state index contributed by atoms with van der Waals surface area (Å²) in [5.74, 6) is 1.18. The Hall–Kier alpha value is -2.33. The van der Waals surface area contributed by atoms with Crippen LogP contribution in [0.1, 0.15) is 132 Å². The third kappa shape index (κ3) is 11.3. The number of amides is 1. The van der Waals surface area contributed by atoms with Crippen LogP contribution < -0.4 is 10.1 Å². The lowest BCUT2D eigenvalue weighted by molar-refractivity contribution is -0.138. The van der Waals surface area contributed by atoms with Gasteiger partial charge in [0.15, 0.2) is 0 Å². The van der Waals surface area contributed by atoms with E-state index in [-0.39, 0.29) is 29.2 Å². The van der Waals surface area contributed by atoms with Crippen LogP contribution in [0.5, 0.6) is 5.75 Å². The first kappa shape index (κ1) is 40.4. The molecule has 50 heavy (non-hydrogen) atoms. The van der Waals surface area contributed by atoms with Crippen molar-refractivity contribution < 1.29 is 45.6 Å². The molecule has 2 aromatic rings. The normalized spacial score (nSPS) is 21.2. The van der Waals surface area contributed by atoms with Crippen molar-refractivity contribution in [2.24, 2.45) is 11.8 Å². The second-order valence-corrected chi connectivity index (χ2v) is 18.5. The van der Waals surface area contributed by atoms with Crippen molar-refractivity contribution in [1.29, 1.82) is 0 Å². The Labute approximate surface area is 296 Å². The van der Waals surface area contributed by atoms with Crippen molar-refractivity contribution in [1.82, 2.24) is 5.32 Å². The molecular weight excluding hydrogens is 670 g/mol. The molecule has 0 aliphatic heterocycles. The molecule has 8 nitrogen and oxygen atoms in total. The highest BCUT2D eigenvalue weighted by Crippen LogP contribution is 2.59. The molecule has 0 spiro atoms. The Kier molecular flexibility index (Phi) is 12.1. The third-order valence-electron chi connectivity index (χ3n) is 9.01. The number of rotatable bonds is 10. The number of benzene rings is 2. The molecule has 2 saturated carbocycles. The van der Waals surface area contributed by atoms with E-state index in [1.807, 2.05) is 0 Å². The fourth-order valence-corrected chi connectivity index (χ4v) is 9.15. The second kappa shape index (κ2) is 15.0. The first-order valence-corrected chi connectivity index (χ1v) is 19.3. The lowest BCUT2D eigenvalue weighted by Crippen LogP contribution is -2.43. The quantitative estimate of drug-likeness (QED) is 0.244. The first-order chi connectivity index (χ1) is 22.8. The standard InChI is InChI=1S/C38H57F3NO7P/c1-34(2,3)46-33(43)42-24-37(10,49-50(44,47-35(4,5)6)48-36(7,8)9)28-18-21-30-27(23-28)17-22-31(32(30)38(39,40)41)45-29-19-15-26(16-20-29)25-13-11-12-14-25/h17-18,21-23,25-26,29H,11-16,19-20,24H2,1-10H3,(H,42,43). The number of hydrogen-bond acceptors (Lipinski definition) is 7. The van der Waals surface area contributed by atoms with Gasteiger partial charge in [0.05, 0.1) is 23.9 Å². The van der Waals surface area contributed by atoms with Gasteiger partial charge < -0.3 is 14.8 Å². The van der Waals surface area contributed by atoms with Gasteiger partial charge in [-0.25, -0.2) is 9.36 Å². The Morgan fingerprint density at radius 3 is 1.84 bits per heavy atom. The molecule has 4 rings (SSSR count). The Balaban J connectivity index is 1.70. The number of hydrogen-bond donors (Lipinski definition) is 1. The van der Waals surface area contributed by atoms with Crippen LogP contribution in [0, 0.1) is 11.8 Å². The van der Waals surface area contributed by atoms with E-state index in [9.17, 15) is 22.5 Å². The molecule has 1 N–H and O–H groups in total. The average molecular weight is 728 g/mol. The highest BCUT2D eigenvalue weighted by molar-refractivity contribution is 7.48. The number of phosphoric ester groups is 1. The molecule has 0 saturated heterocycles. The van der Waals surface area contributed by atoms with E-state index >= 15 is 0 Å². The zero-order valence-corrected chi connectivity index (χ0v) is 32.3. The Morgan fingerprint density at radius 2 is 1.32 bits per heavy atom. The zero-order chi connectivity index (χ0) is 37.3. The summed E-state index contributed by atoms with van der Waals surface area (Å²) >= 11 is 0. The summed E-state index contributed by atoms with van der Waals surface area (Å²) in [6.45, 7) is 16.6. The van der Waals surface area contributed by atoms with E-state index in [1.165, 1.54) is 49.9 Å². The van der Waals surface area contributed by atoms with Crippen LogP contribution in [-0.4, -0.2) is 35.5 Å². The summed E-state index contributed by atoms with van der Waals surface area (Å²) < 4.78 is 88.2. The molecule has 282 valence electrons. The summed E-state index contributed by atoms with van der Waals surface area (Å²) in [4.78, 5) is 12.8. The van der Waals surface area contributed by atoms with Crippen molar-refractivity contribution in [3.8, 4) is 5.75 Å². The van der Waals surface area contributed by atoms with Gasteiger partial charge in [-0.2, -0.15) is 13.2 Å². The third-order valence-corrected chi connectivity index (χ3v) is 11.2. The minimum atomic E-state index is -4.69. The van der Waals surface area contributed by atoms with Crippen LogP contribution >= 0.6 is 7.82 Å². The van der Waals surface area contributed by atoms with Gasteiger partial charge >= 0.3 is 20.1 Å². The molecule has 0 bridgehead atoms. The lowest BCUT2D eigenvalue weighted by atomic mass is 9.78. The topological polar surface area (TPSA) is 92.3 Å². The fraction of sp³-hybridized carbons (Fsp3) is 0.711. The highest BCUT2D eigenvalue weighted by Gasteiger charge is 2.45. The van der Waals surface area contributed by atoms with E-state index < -0.39 is 48.1 Å². The molecule has 2 aromatic carbocycles. The van der Waals surface area contributed by atoms with Gasteiger partial charge in [-0.3, -0.25) is 13.6 Å². The van der Waals surface area contributed by atoms with Crippen molar-refractivity contribution >= 4 is 24.7 Å². The number of alkyl halides is 3. The summed E-state index contributed by atoms with van der Waals surface area (Å²) in [5, 5.41) is 2.89. The number of halogens is 3. The Bertz CT molecular complexity index is 1510. The molecule has 12 heteroatoms. The van der Waals surface area contributed by atoms with Gasteiger partial charge in [-0.05, 0) is 135 Å². The average Bonchev–Trinajstić information content (AvgIpc) is 3.47. The molecule has 1 amide bonds. The Morgan fingerprint density at radius 1 is 0.760 bits per heavy atom. The van der Waals surface area contributed by atoms with Crippen LogP contribution in [0.3, 0.4) is 0 Å². The molecule has 0 radical (unpaired) electrons. The predicted octanol–water partition coefficient (Wildman–Crippen LogP) is 11.5. The molecule has 1 unspecified atom stereocenters. The van der Waals surface area contributed by atoms with Crippen molar-refractivity contribution in [2.75, 3.05) is 6.54 Å². The van der Waals surface area contributed by atoms with Gasteiger partial charge in [0, 0.05) is 0 Å². The van der Waals surface area contributed by atoms with E-state index in [1.54, 1.807) is 75.3 Å². The van der Waals surface area contributed by atoms with E-state index in [4.69, 9.17) is 23.0 Å². The maximum atomic E-state index is 14.8. The number of alkyl carbamates (subject to hydrolysis) is 1. The second-order valence-electron chi connectivity index (χ2n) is 17.1. The van der Waals surface area contributed by atoms with Gasteiger partial charge in [0.2, 0.25) is 0 Å². The van der Waals surface area contributed by atoms with Gasteiger partial charge in [0.1, 0.15) is 22.5 Å². The molecule has 2 fully saturated rings. The summed E-state index contributed by atoms with van der Waals surface area (Å²) in [5.41, 5.74) is -4.83. The number of fused-ring (bicyclic) bond motifs is 1. The van der Waals surface area contributed by atoms with E-state index in [2.05, 4.69) is 5.32 Å². The maximum Gasteiger partial charge on any atom is 0.476 e. The van der Waals surface area contributed by atoms with Gasteiger partial charge in [0.25, 0.3) is 0 Å². The molecule has 0 aromatic heterocycles. The van der Waals surface area contributed by atoms with E-state index in [0.717, 1.165) is 31.6 Å². The van der Waals surface area contributed by atoms with Crippen LogP contribution in [0.15, 0.2) is 30.3 Å². The number of carbonyl (C=O) groups is 1. The largest absolute Gasteiger partial charge is 0.490 e. The lowest BCUT2D eigenvalue weighted by Gasteiger charge is -2.38. The number of ether oxygens (including phenoxy) is 2. The first-order valence-electron chi connectivity index (χ1n) is 17.9. The summed E-state index contributed by atoms with van der Waals surface area (Å²) in [6, 6.07) is 7.35. The van der Waals surface area contributed by atoms with Crippen LogP contribution in [0.2, 0.25) is 0 Å². The van der Waals surface area contributed by atoms with Gasteiger partial charge in [-0.15, -0.1) is 0 Å². The number of phosphoric acid groups is 1. The molecule has 0 heterocycles. The van der Waals surface area contributed by atoms with Crippen molar-refractivity contribution in [2.45, 2.75) is 155 Å². The van der Waals surface area contributed by atoms with Crippen molar-refractivity contribution in [3.63, 3.8) is 0 Å². The SMILES string of the molecule is CC(C)(C)OC(=O)NCC(C)(OP(=O)(OC(C)(C)C)OC(C)(C)C)c1ccc2c(C(F)(F)F)c(OC3CCC(C4CCCC4)CC3)ccc2c1. The smallest absolute Gasteiger partial charge is 0.476 e. The molecule has 1 atom stereocenters. The van der Waals surface area contributed by atoms with Crippen molar-refractivity contribution in [3.05, 3.63) is 41.5 Å². The highest BCUT2D eigenvalue weighted by atomic mass is 31.2. The van der Waals surface area contributed by atoms with E-state index in [0.29, 0.717) is 11.5 Å². The monoisotopic (exact) mass is 727 g/mol. The minimum Gasteiger partial charge on any atom is -0.490 e. The fourth-order valence-electron chi connectivity index (χ4n) is 7.03. The van der Waals surface area contributed by atoms with Gasteiger partial charge in [-0.1, -0.05) is 43.9 Å². The summed E-state index contributed by atoms with van der Waals surface area (Å²) in [6.07, 6.45) is 2.77. The summed E-state index contributed by atoms with van der Waals surface area (Å²) in [7, 11) is -4.38. The van der Waals surface area contributed by atoms with Crippen LogP contribution in [0.25, 0.3) is 10.8 Å². The molecule has 2 aliphatic rings. The predicted molar refractivity (Wildman–Crippen MR) is 189 cm³/mol.